The third-order valence-corrected chi connectivity index (χ3v) is 5.64. The maximum absolute atomic E-state index is 12.6. The number of aromatic amines is 2. The lowest BCUT2D eigenvalue weighted by atomic mass is 9.96. The summed E-state index contributed by atoms with van der Waals surface area (Å²) < 4.78 is 5.49. The van der Waals surface area contributed by atoms with E-state index in [1.807, 2.05) is 58.0 Å². The van der Waals surface area contributed by atoms with Crippen molar-refractivity contribution in [2.24, 2.45) is 0 Å². The van der Waals surface area contributed by atoms with Gasteiger partial charge in [0.2, 0.25) is 0 Å². The Morgan fingerprint density at radius 2 is 1.57 bits per heavy atom. The highest BCUT2D eigenvalue weighted by molar-refractivity contribution is 5.90. The second kappa shape index (κ2) is 7.89. The number of hydrogen-bond acceptors (Lipinski definition) is 3. The van der Waals surface area contributed by atoms with Crippen molar-refractivity contribution in [2.75, 3.05) is 0 Å². The zero-order valence-corrected chi connectivity index (χ0v) is 17.0. The molecule has 3 aromatic rings. The number of H-pyrrole nitrogens is 2. The molecule has 0 saturated carbocycles. The number of rotatable bonds is 6. The van der Waals surface area contributed by atoms with Gasteiger partial charge in [0.1, 0.15) is 12.3 Å². The van der Waals surface area contributed by atoms with Gasteiger partial charge in [0.15, 0.2) is 6.29 Å². The minimum atomic E-state index is -0.365. The number of carbonyl (C=O) groups is 2. The molecule has 0 amide bonds. The summed E-state index contributed by atoms with van der Waals surface area (Å²) in [6, 6.07) is 9.61. The summed E-state index contributed by atoms with van der Waals surface area (Å²) in [6.07, 6.45) is 0.845. The number of benzene rings is 1. The van der Waals surface area contributed by atoms with E-state index in [9.17, 15) is 9.59 Å². The van der Waals surface area contributed by atoms with Gasteiger partial charge in [-0.3, -0.25) is 4.79 Å². The van der Waals surface area contributed by atoms with Crippen LogP contribution in [0.5, 0.6) is 0 Å². The number of nitrogens with one attached hydrogen (secondary N) is 2. The van der Waals surface area contributed by atoms with E-state index in [-0.39, 0.29) is 18.5 Å². The first-order valence-electron chi connectivity index (χ1n) is 9.39. The Kier molecular flexibility index (Phi) is 5.54. The van der Waals surface area contributed by atoms with E-state index in [2.05, 4.69) is 16.9 Å². The summed E-state index contributed by atoms with van der Waals surface area (Å²) in [4.78, 5) is 30.4. The molecular weight excluding hydrogens is 352 g/mol. The van der Waals surface area contributed by atoms with Gasteiger partial charge in [-0.1, -0.05) is 37.3 Å². The second-order valence-electron chi connectivity index (χ2n) is 7.27. The fraction of sp³-hybridized carbons (Fsp3) is 0.304. The Morgan fingerprint density at radius 3 is 2.18 bits per heavy atom. The topological polar surface area (TPSA) is 75.0 Å². The molecule has 0 aliphatic heterocycles. The third-order valence-electron chi connectivity index (χ3n) is 5.64. The monoisotopic (exact) mass is 378 g/mol. The van der Waals surface area contributed by atoms with Gasteiger partial charge in [0.05, 0.1) is 5.69 Å². The van der Waals surface area contributed by atoms with Crippen molar-refractivity contribution in [2.45, 2.75) is 47.1 Å². The average molecular weight is 378 g/mol. The summed E-state index contributed by atoms with van der Waals surface area (Å²) in [5.41, 5.74) is 7.89. The van der Waals surface area contributed by atoms with Gasteiger partial charge < -0.3 is 14.7 Å². The molecule has 2 N–H and O–H groups in total. The van der Waals surface area contributed by atoms with E-state index in [1.54, 1.807) is 0 Å². The predicted molar refractivity (Wildman–Crippen MR) is 109 cm³/mol. The second-order valence-corrected chi connectivity index (χ2v) is 7.27. The maximum atomic E-state index is 12.6. The minimum absolute atomic E-state index is 0.0122. The van der Waals surface area contributed by atoms with E-state index < -0.39 is 0 Å². The molecule has 2 heterocycles. The van der Waals surface area contributed by atoms with Crippen molar-refractivity contribution < 1.29 is 14.3 Å². The molecule has 2 aromatic heterocycles. The van der Waals surface area contributed by atoms with Crippen LogP contribution in [-0.2, 0) is 11.3 Å². The van der Waals surface area contributed by atoms with Crippen LogP contribution in [0.3, 0.4) is 0 Å². The van der Waals surface area contributed by atoms with E-state index in [1.165, 1.54) is 0 Å². The van der Waals surface area contributed by atoms with Crippen LogP contribution in [0.2, 0.25) is 0 Å². The van der Waals surface area contributed by atoms with Crippen LogP contribution in [0, 0.1) is 27.7 Å². The molecule has 0 spiro atoms. The largest absolute Gasteiger partial charge is 0.456 e. The fourth-order valence-electron chi connectivity index (χ4n) is 3.58. The lowest BCUT2D eigenvalue weighted by Gasteiger charge is -2.12. The lowest BCUT2D eigenvalue weighted by Crippen LogP contribution is -2.08. The molecule has 0 saturated heterocycles. The number of aromatic nitrogens is 2. The molecule has 28 heavy (non-hydrogen) atoms. The number of ether oxygens (including phenoxy) is 1. The standard InChI is InChI=1S/C23H26N2O3/c1-13-14(2)20(24-19(13)11-26)17(5)21-15(3)16(4)22(25-21)23(27)28-12-18-9-7-6-8-10-18/h6-11,17,24-25H,12H2,1-5H3/t17-/m0/s1. The van der Waals surface area contributed by atoms with Gasteiger partial charge >= 0.3 is 5.97 Å². The number of aldehydes is 1. The van der Waals surface area contributed by atoms with E-state index in [4.69, 9.17) is 4.74 Å². The molecule has 0 bridgehead atoms. The summed E-state index contributed by atoms with van der Waals surface area (Å²) in [5.74, 6) is -0.377. The Hall–Kier alpha value is -3.08. The van der Waals surface area contributed by atoms with Crippen molar-refractivity contribution in [3.63, 3.8) is 0 Å². The number of hydrogen-bond donors (Lipinski definition) is 2. The molecule has 0 radical (unpaired) electrons. The zero-order valence-electron chi connectivity index (χ0n) is 17.0. The van der Waals surface area contributed by atoms with Crippen LogP contribution in [0.1, 0.15) is 73.0 Å². The maximum Gasteiger partial charge on any atom is 0.355 e. The molecule has 0 aliphatic carbocycles. The first-order chi connectivity index (χ1) is 13.3. The summed E-state index contributed by atoms with van der Waals surface area (Å²) >= 11 is 0. The van der Waals surface area contributed by atoms with Crippen molar-refractivity contribution >= 4 is 12.3 Å². The first-order valence-corrected chi connectivity index (χ1v) is 9.39. The SMILES string of the molecule is Cc1c(C=O)[nH]c([C@H](C)c2[nH]c(C(=O)OCc3ccccc3)c(C)c2C)c1C. The fourth-order valence-corrected chi connectivity index (χ4v) is 3.58. The average Bonchev–Trinajstić information content (AvgIpc) is 3.17. The van der Waals surface area contributed by atoms with Crippen molar-refractivity contribution in [1.29, 1.82) is 0 Å². The summed E-state index contributed by atoms with van der Waals surface area (Å²) in [5, 5.41) is 0. The van der Waals surface area contributed by atoms with Gasteiger partial charge in [-0.15, -0.1) is 0 Å². The Labute approximate surface area is 165 Å². The summed E-state index contributed by atoms with van der Waals surface area (Å²) in [7, 11) is 0. The molecular formula is C23H26N2O3. The van der Waals surface area contributed by atoms with Gasteiger partial charge in [-0.25, -0.2) is 4.79 Å². The Morgan fingerprint density at radius 1 is 0.964 bits per heavy atom. The number of carbonyl (C=O) groups excluding carboxylic acids is 2. The van der Waals surface area contributed by atoms with E-state index in [0.717, 1.165) is 45.5 Å². The van der Waals surface area contributed by atoms with E-state index in [0.29, 0.717) is 11.4 Å². The van der Waals surface area contributed by atoms with E-state index >= 15 is 0 Å². The van der Waals surface area contributed by atoms with Gasteiger partial charge in [0.25, 0.3) is 0 Å². The minimum Gasteiger partial charge on any atom is -0.456 e. The quantitative estimate of drug-likeness (QED) is 0.473. The van der Waals surface area contributed by atoms with Crippen molar-refractivity contribution in [3.8, 4) is 0 Å². The highest BCUT2D eigenvalue weighted by Crippen LogP contribution is 2.32. The van der Waals surface area contributed by atoms with Crippen LogP contribution in [0.4, 0.5) is 0 Å². The van der Waals surface area contributed by atoms with Crippen LogP contribution < -0.4 is 0 Å². The smallest absolute Gasteiger partial charge is 0.355 e. The molecule has 1 atom stereocenters. The zero-order chi connectivity index (χ0) is 20.4. The molecule has 0 aliphatic rings. The molecule has 146 valence electrons. The van der Waals surface area contributed by atoms with Crippen LogP contribution in [-0.4, -0.2) is 22.2 Å². The Balaban J connectivity index is 1.86. The van der Waals surface area contributed by atoms with Gasteiger partial charge in [-0.2, -0.15) is 0 Å². The first kappa shape index (κ1) is 19.7. The molecule has 3 rings (SSSR count). The van der Waals surface area contributed by atoms with Gasteiger partial charge in [0, 0.05) is 17.3 Å². The molecule has 0 unspecified atom stereocenters. The lowest BCUT2D eigenvalue weighted by molar-refractivity contribution is 0.0465. The Bertz CT molecular complexity index is 1010. The summed E-state index contributed by atoms with van der Waals surface area (Å²) in [6.45, 7) is 10.2. The normalized spacial score (nSPS) is 12.0. The number of esters is 1. The highest BCUT2D eigenvalue weighted by Gasteiger charge is 2.24. The molecule has 5 nitrogen and oxygen atoms in total. The third kappa shape index (κ3) is 3.52. The van der Waals surface area contributed by atoms with Crippen molar-refractivity contribution in [1.82, 2.24) is 9.97 Å². The predicted octanol–water partition coefficient (Wildman–Crippen LogP) is 4.90. The molecule has 5 heteroatoms. The highest BCUT2D eigenvalue weighted by atomic mass is 16.5. The van der Waals surface area contributed by atoms with Gasteiger partial charge in [-0.05, 0) is 55.5 Å². The van der Waals surface area contributed by atoms with Crippen molar-refractivity contribution in [3.05, 3.63) is 80.9 Å². The van der Waals surface area contributed by atoms with Crippen LogP contribution >= 0.6 is 0 Å². The molecule has 0 fully saturated rings. The van der Waals surface area contributed by atoms with Crippen LogP contribution in [0.15, 0.2) is 30.3 Å². The molecule has 1 aromatic carbocycles. The van der Waals surface area contributed by atoms with Crippen LogP contribution in [0.25, 0.3) is 0 Å².